The summed E-state index contributed by atoms with van der Waals surface area (Å²) < 4.78 is 0. The van der Waals surface area contributed by atoms with Gasteiger partial charge in [0.2, 0.25) is 0 Å². The SMILES string of the molecule is CCCCCCCCCCCCCCCC#CCN. The Morgan fingerprint density at radius 2 is 1.00 bits per heavy atom. The van der Waals surface area contributed by atoms with E-state index in [9.17, 15) is 0 Å². The second-order valence-electron chi connectivity index (χ2n) is 5.55. The van der Waals surface area contributed by atoms with Gasteiger partial charge in [0.15, 0.2) is 0 Å². The van der Waals surface area contributed by atoms with Crippen molar-refractivity contribution < 1.29 is 0 Å². The van der Waals surface area contributed by atoms with Gasteiger partial charge >= 0.3 is 0 Å². The molecule has 0 heterocycles. The molecule has 2 N–H and O–H groups in total. The zero-order valence-corrected chi connectivity index (χ0v) is 13.2. The molecule has 0 radical (unpaired) electrons. The zero-order valence-electron chi connectivity index (χ0n) is 13.2. The largest absolute Gasteiger partial charge is 0.320 e. The predicted molar refractivity (Wildman–Crippen MR) is 87.1 cm³/mol. The van der Waals surface area contributed by atoms with Gasteiger partial charge in [-0.15, -0.1) is 5.92 Å². The van der Waals surface area contributed by atoms with Crippen molar-refractivity contribution in [2.24, 2.45) is 5.73 Å². The molecule has 19 heavy (non-hydrogen) atoms. The summed E-state index contributed by atoms with van der Waals surface area (Å²) in [7, 11) is 0. The summed E-state index contributed by atoms with van der Waals surface area (Å²) in [5.74, 6) is 6.02. The molecule has 0 aromatic carbocycles. The van der Waals surface area contributed by atoms with E-state index in [-0.39, 0.29) is 0 Å². The fourth-order valence-electron chi connectivity index (χ4n) is 2.39. The predicted octanol–water partition coefficient (Wildman–Crippen LogP) is 5.43. The summed E-state index contributed by atoms with van der Waals surface area (Å²) in [5.41, 5.74) is 5.31. The van der Waals surface area contributed by atoms with E-state index < -0.39 is 0 Å². The van der Waals surface area contributed by atoms with Crippen LogP contribution in [0, 0.1) is 11.8 Å². The van der Waals surface area contributed by atoms with Gasteiger partial charge in [0.05, 0.1) is 6.54 Å². The fraction of sp³-hybridized carbons (Fsp3) is 0.889. The molecule has 0 amide bonds. The monoisotopic (exact) mass is 265 g/mol. The van der Waals surface area contributed by atoms with Crippen molar-refractivity contribution in [3.8, 4) is 11.8 Å². The smallest absolute Gasteiger partial charge is 0.0551 e. The molecule has 0 atom stereocenters. The van der Waals surface area contributed by atoms with Crippen LogP contribution in [0.5, 0.6) is 0 Å². The third-order valence-corrected chi connectivity index (χ3v) is 3.63. The van der Waals surface area contributed by atoms with Crippen molar-refractivity contribution in [1.82, 2.24) is 0 Å². The van der Waals surface area contributed by atoms with Gasteiger partial charge in [-0.25, -0.2) is 0 Å². The lowest BCUT2D eigenvalue weighted by Gasteiger charge is -2.02. The van der Waals surface area contributed by atoms with Crippen LogP contribution in [-0.4, -0.2) is 6.54 Å². The Morgan fingerprint density at radius 3 is 1.42 bits per heavy atom. The van der Waals surface area contributed by atoms with Crippen LogP contribution in [0.25, 0.3) is 0 Å². The third kappa shape index (κ3) is 17.5. The molecule has 0 aliphatic heterocycles. The van der Waals surface area contributed by atoms with Crippen LogP contribution in [0.4, 0.5) is 0 Å². The Kier molecular flexibility index (Phi) is 17.1. The first kappa shape index (κ1) is 18.5. The van der Waals surface area contributed by atoms with Gasteiger partial charge in [-0.05, 0) is 6.42 Å². The van der Waals surface area contributed by atoms with E-state index in [1.807, 2.05) is 0 Å². The molecule has 112 valence electrons. The minimum atomic E-state index is 0.512. The standard InChI is InChI=1S/C18H35N/c1-2-3-4-5-6-7-8-9-10-11-12-13-14-15-16-17-18-19/h2-15,18-19H2,1H3. The molecule has 0 aromatic rings. The summed E-state index contributed by atoms with van der Waals surface area (Å²) in [6, 6.07) is 0. The molecular weight excluding hydrogens is 230 g/mol. The van der Waals surface area contributed by atoms with Crippen molar-refractivity contribution >= 4 is 0 Å². The van der Waals surface area contributed by atoms with Crippen LogP contribution in [0.15, 0.2) is 0 Å². The van der Waals surface area contributed by atoms with E-state index in [1.165, 1.54) is 83.5 Å². The van der Waals surface area contributed by atoms with Gasteiger partial charge in [0, 0.05) is 6.42 Å². The van der Waals surface area contributed by atoms with Crippen LogP contribution < -0.4 is 5.73 Å². The Balaban J connectivity index is 2.95. The van der Waals surface area contributed by atoms with Crippen molar-refractivity contribution in [3.05, 3.63) is 0 Å². The van der Waals surface area contributed by atoms with Gasteiger partial charge in [-0.2, -0.15) is 0 Å². The van der Waals surface area contributed by atoms with Gasteiger partial charge in [0.25, 0.3) is 0 Å². The maximum atomic E-state index is 5.31. The highest BCUT2D eigenvalue weighted by Crippen LogP contribution is 2.12. The Bertz CT molecular complexity index is 211. The Morgan fingerprint density at radius 1 is 0.579 bits per heavy atom. The highest BCUT2D eigenvalue weighted by molar-refractivity contribution is 4.99. The van der Waals surface area contributed by atoms with Crippen LogP contribution in [0.3, 0.4) is 0 Å². The lowest BCUT2D eigenvalue weighted by atomic mass is 10.0. The van der Waals surface area contributed by atoms with Crippen LogP contribution in [-0.2, 0) is 0 Å². The van der Waals surface area contributed by atoms with Crippen molar-refractivity contribution in [1.29, 1.82) is 0 Å². The van der Waals surface area contributed by atoms with Gasteiger partial charge in [-0.1, -0.05) is 89.9 Å². The van der Waals surface area contributed by atoms with Crippen molar-refractivity contribution in [3.63, 3.8) is 0 Å². The summed E-state index contributed by atoms with van der Waals surface area (Å²) >= 11 is 0. The molecule has 0 saturated heterocycles. The van der Waals surface area contributed by atoms with E-state index >= 15 is 0 Å². The molecule has 0 aliphatic carbocycles. The first-order valence-corrected chi connectivity index (χ1v) is 8.57. The highest BCUT2D eigenvalue weighted by Gasteiger charge is 1.93. The highest BCUT2D eigenvalue weighted by atomic mass is 14.5. The molecule has 0 unspecified atom stereocenters. The number of hydrogen-bond donors (Lipinski definition) is 1. The summed E-state index contributed by atoms with van der Waals surface area (Å²) in [6.07, 6.45) is 19.4. The molecular formula is C18H35N. The van der Waals surface area contributed by atoms with Crippen LogP contribution in [0.1, 0.15) is 96.8 Å². The van der Waals surface area contributed by atoms with E-state index in [1.54, 1.807) is 0 Å². The lowest BCUT2D eigenvalue weighted by molar-refractivity contribution is 0.540. The summed E-state index contributed by atoms with van der Waals surface area (Å²) in [5, 5.41) is 0. The van der Waals surface area contributed by atoms with E-state index in [2.05, 4.69) is 18.8 Å². The molecule has 0 fully saturated rings. The number of hydrogen-bond acceptors (Lipinski definition) is 1. The number of unbranched alkanes of at least 4 members (excludes halogenated alkanes) is 13. The quantitative estimate of drug-likeness (QED) is 0.349. The molecule has 0 aromatic heterocycles. The van der Waals surface area contributed by atoms with E-state index in [4.69, 9.17) is 5.73 Å². The maximum absolute atomic E-state index is 5.31. The van der Waals surface area contributed by atoms with Crippen LogP contribution >= 0.6 is 0 Å². The second kappa shape index (κ2) is 17.5. The van der Waals surface area contributed by atoms with E-state index in [0.29, 0.717) is 6.54 Å². The molecule has 0 spiro atoms. The normalized spacial score (nSPS) is 10.2. The lowest BCUT2D eigenvalue weighted by Crippen LogP contribution is -1.92. The third-order valence-electron chi connectivity index (χ3n) is 3.63. The average molecular weight is 265 g/mol. The van der Waals surface area contributed by atoms with Crippen LogP contribution in [0.2, 0.25) is 0 Å². The summed E-state index contributed by atoms with van der Waals surface area (Å²) in [6.45, 7) is 2.79. The minimum absolute atomic E-state index is 0.512. The molecule has 1 heteroatoms. The zero-order chi connectivity index (χ0) is 14.0. The second-order valence-corrected chi connectivity index (χ2v) is 5.55. The molecule has 1 nitrogen and oxygen atoms in total. The first-order valence-electron chi connectivity index (χ1n) is 8.57. The van der Waals surface area contributed by atoms with Gasteiger partial charge < -0.3 is 5.73 Å². The van der Waals surface area contributed by atoms with Crippen molar-refractivity contribution in [2.75, 3.05) is 6.54 Å². The maximum Gasteiger partial charge on any atom is 0.0551 e. The average Bonchev–Trinajstić information content (AvgIpc) is 2.43. The fourth-order valence-corrected chi connectivity index (χ4v) is 2.39. The topological polar surface area (TPSA) is 26.0 Å². The minimum Gasteiger partial charge on any atom is -0.320 e. The molecule has 0 saturated carbocycles. The molecule has 0 rings (SSSR count). The van der Waals surface area contributed by atoms with E-state index in [0.717, 1.165) is 6.42 Å². The number of nitrogens with two attached hydrogens (primary N) is 1. The molecule has 0 bridgehead atoms. The van der Waals surface area contributed by atoms with Gasteiger partial charge in [-0.3, -0.25) is 0 Å². The number of rotatable bonds is 13. The Hall–Kier alpha value is -0.480. The van der Waals surface area contributed by atoms with Gasteiger partial charge in [0.1, 0.15) is 0 Å². The summed E-state index contributed by atoms with van der Waals surface area (Å²) in [4.78, 5) is 0. The first-order chi connectivity index (χ1) is 9.41. The Labute approximate surface area is 121 Å². The van der Waals surface area contributed by atoms with Crippen molar-refractivity contribution in [2.45, 2.75) is 96.8 Å². The molecule has 0 aliphatic rings.